The largest absolute Gasteiger partial charge is 0.490 e. The van der Waals surface area contributed by atoms with E-state index in [-0.39, 0.29) is 12.0 Å². The molecule has 5 nitrogen and oxygen atoms in total. The van der Waals surface area contributed by atoms with Gasteiger partial charge in [0.05, 0.1) is 6.42 Å². The smallest absolute Gasteiger partial charge is 0.226 e. The van der Waals surface area contributed by atoms with Crippen molar-refractivity contribution in [2.45, 2.75) is 38.7 Å². The number of hydrogen-bond donors (Lipinski definition) is 0. The lowest BCUT2D eigenvalue weighted by Gasteiger charge is -2.32. The molecule has 148 valence electrons. The van der Waals surface area contributed by atoms with E-state index in [0.717, 1.165) is 55.2 Å². The normalized spacial score (nSPS) is 16.7. The maximum Gasteiger partial charge on any atom is 0.226 e. The Hall–Kier alpha value is -2.69. The lowest BCUT2D eigenvalue weighted by molar-refractivity contribution is -0.132. The second-order valence-electron chi connectivity index (χ2n) is 7.35. The zero-order chi connectivity index (χ0) is 19.3. The molecule has 0 aliphatic carbocycles. The van der Waals surface area contributed by atoms with Crippen LogP contribution in [0.5, 0.6) is 17.2 Å². The molecule has 0 radical (unpaired) electrons. The first-order chi connectivity index (χ1) is 13.7. The Morgan fingerprint density at radius 3 is 2.61 bits per heavy atom. The van der Waals surface area contributed by atoms with Crippen LogP contribution in [0, 0.1) is 0 Å². The van der Waals surface area contributed by atoms with E-state index >= 15 is 0 Å². The van der Waals surface area contributed by atoms with Crippen LogP contribution in [-0.4, -0.2) is 43.2 Å². The molecule has 2 heterocycles. The van der Waals surface area contributed by atoms with E-state index in [1.54, 1.807) is 0 Å². The number of amides is 1. The Bertz CT molecular complexity index is 827. The third-order valence-electron chi connectivity index (χ3n) is 5.37. The van der Waals surface area contributed by atoms with E-state index in [9.17, 15) is 4.79 Å². The fraction of sp³-hybridized carbons (Fsp3) is 0.435. The third kappa shape index (κ3) is 4.41. The second kappa shape index (κ2) is 8.55. The maximum atomic E-state index is 12.7. The summed E-state index contributed by atoms with van der Waals surface area (Å²) in [5, 5.41) is 0. The van der Waals surface area contributed by atoms with E-state index in [2.05, 4.69) is 19.1 Å². The highest BCUT2D eigenvalue weighted by Gasteiger charge is 2.24. The highest BCUT2D eigenvalue weighted by molar-refractivity contribution is 5.79. The van der Waals surface area contributed by atoms with Gasteiger partial charge in [0.15, 0.2) is 11.5 Å². The molecule has 0 bridgehead atoms. The molecule has 28 heavy (non-hydrogen) atoms. The fourth-order valence-corrected chi connectivity index (χ4v) is 3.74. The summed E-state index contributed by atoms with van der Waals surface area (Å²) in [4.78, 5) is 14.6. The van der Waals surface area contributed by atoms with Crippen molar-refractivity contribution in [3.05, 3.63) is 53.6 Å². The first-order valence-corrected chi connectivity index (χ1v) is 10.1. The number of nitrogens with zero attached hydrogens (tertiary/aromatic N) is 1. The summed E-state index contributed by atoms with van der Waals surface area (Å²) in [6.07, 6.45) is 3.29. The van der Waals surface area contributed by atoms with Gasteiger partial charge in [-0.15, -0.1) is 0 Å². The average Bonchev–Trinajstić information content (AvgIpc) is 2.74. The minimum Gasteiger partial charge on any atom is -0.490 e. The van der Waals surface area contributed by atoms with Crippen molar-refractivity contribution in [3.8, 4) is 17.2 Å². The van der Waals surface area contributed by atoms with Crippen LogP contribution >= 0.6 is 0 Å². The standard InChI is InChI=1S/C23H27NO4/c1-2-17-4-3-5-20(14-17)28-19-8-10-24(11-9-19)23(25)16-18-6-7-21-22(15-18)27-13-12-26-21/h3-7,14-15,19H,2,8-13,16H2,1H3. The molecule has 2 aliphatic rings. The lowest BCUT2D eigenvalue weighted by atomic mass is 10.1. The molecule has 2 aromatic rings. The van der Waals surface area contributed by atoms with Crippen molar-refractivity contribution in [2.24, 2.45) is 0 Å². The van der Waals surface area contributed by atoms with Gasteiger partial charge in [-0.05, 0) is 41.8 Å². The molecule has 0 saturated carbocycles. The number of aryl methyl sites for hydroxylation is 1. The predicted molar refractivity (Wildman–Crippen MR) is 107 cm³/mol. The third-order valence-corrected chi connectivity index (χ3v) is 5.37. The van der Waals surface area contributed by atoms with E-state index in [0.29, 0.717) is 19.6 Å². The molecule has 0 aromatic heterocycles. The predicted octanol–water partition coefficient (Wildman–Crippen LogP) is 3.63. The average molecular weight is 381 g/mol. The first-order valence-electron chi connectivity index (χ1n) is 10.1. The van der Waals surface area contributed by atoms with Crippen LogP contribution in [-0.2, 0) is 17.6 Å². The number of piperidine rings is 1. The quantitative estimate of drug-likeness (QED) is 0.794. The number of carbonyl (C=O) groups is 1. The summed E-state index contributed by atoms with van der Waals surface area (Å²) in [5.74, 6) is 2.58. The summed E-state index contributed by atoms with van der Waals surface area (Å²) in [5.41, 5.74) is 2.24. The highest BCUT2D eigenvalue weighted by atomic mass is 16.6. The fourth-order valence-electron chi connectivity index (χ4n) is 3.74. The van der Waals surface area contributed by atoms with Crippen LogP contribution in [0.1, 0.15) is 30.9 Å². The zero-order valence-electron chi connectivity index (χ0n) is 16.4. The number of carbonyl (C=O) groups excluding carboxylic acids is 1. The van der Waals surface area contributed by atoms with Crippen LogP contribution < -0.4 is 14.2 Å². The molecule has 2 aromatic carbocycles. The summed E-state index contributed by atoms with van der Waals surface area (Å²) < 4.78 is 17.3. The van der Waals surface area contributed by atoms with E-state index < -0.39 is 0 Å². The summed E-state index contributed by atoms with van der Waals surface area (Å²) in [7, 11) is 0. The molecule has 1 fully saturated rings. The summed E-state index contributed by atoms with van der Waals surface area (Å²) >= 11 is 0. The number of rotatable bonds is 5. The Kier molecular flexibility index (Phi) is 5.70. The van der Waals surface area contributed by atoms with Crippen LogP contribution in [0.4, 0.5) is 0 Å². The number of benzene rings is 2. The Morgan fingerprint density at radius 1 is 1.04 bits per heavy atom. The van der Waals surface area contributed by atoms with E-state index in [4.69, 9.17) is 14.2 Å². The molecule has 5 heteroatoms. The highest BCUT2D eigenvalue weighted by Crippen LogP contribution is 2.31. The van der Waals surface area contributed by atoms with Gasteiger partial charge in [-0.3, -0.25) is 4.79 Å². The van der Waals surface area contributed by atoms with Crippen molar-refractivity contribution in [1.82, 2.24) is 4.90 Å². The van der Waals surface area contributed by atoms with Gasteiger partial charge in [0.25, 0.3) is 0 Å². The van der Waals surface area contributed by atoms with Crippen molar-refractivity contribution in [1.29, 1.82) is 0 Å². The van der Waals surface area contributed by atoms with Crippen molar-refractivity contribution in [3.63, 3.8) is 0 Å². The molecular formula is C23H27NO4. The van der Waals surface area contributed by atoms with Gasteiger partial charge in [-0.1, -0.05) is 25.1 Å². The van der Waals surface area contributed by atoms with Gasteiger partial charge >= 0.3 is 0 Å². The van der Waals surface area contributed by atoms with Crippen LogP contribution in [0.2, 0.25) is 0 Å². The van der Waals surface area contributed by atoms with Crippen molar-refractivity contribution < 1.29 is 19.0 Å². The Labute approximate surface area is 166 Å². The molecule has 1 amide bonds. The number of ether oxygens (including phenoxy) is 3. The van der Waals surface area contributed by atoms with Gasteiger partial charge in [-0.2, -0.15) is 0 Å². The van der Waals surface area contributed by atoms with Gasteiger partial charge in [0.1, 0.15) is 25.1 Å². The van der Waals surface area contributed by atoms with Gasteiger partial charge in [-0.25, -0.2) is 0 Å². The molecule has 2 aliphatic heterocycles. The first kappa shape index (κ1) is 18.7. The van der Waals surface area contributed by atoms with Crippen LogP contribution in [0.25, 0.3) is 0 Å². The summed E-state index contributed by atoms with van der Waals surface area (Å²) in [6, 6.07) is 14.0. The minimum absolute atomic E-state index is 0.156. The number of likely N-dealkylation sites (tertiary alicyclic amines) is 1. The van der Waals surface area contributed by atoms with Gasteiger partial charge in [0, 0.05) is 25.9 Å². The minimum atomic E-state index is 0.156. The SMILES string of the molecule is CCc1cccc(OC2CCN(C(=O)Cc3ccc4c(c3)OCCO4)CC2)c1. The molecule has 0 unspecified atom stereocenters. The van der Waals surface area contributed by atoms with Crippen LogP contribution in [0.15, 0.2) is 42.5 Å². The lowest BCUT2D eigenvalue weighted by Crippen LogP contribution is -2.42. The molecule has 4 rings (SSSR count). The Balaban J connectivity index is 1.29. The maximum absolute atomic E-state index is 12.7. The topological polar surface area (TPSA) is 48.0 Å². The molecular weight excluding hydrogens is 354 g/mol. The van der Waals surface area contributed by atoms with E-state index in [1.165, 1.54) is 5.56 Å². The summed E-state index contributed by atoms with van der Waals surface area (Å²) in [6.45, 7) is 4.75. The molecule has 1 saturated heterocycles. The van der Waals surface area contributed by atoms with Crippen molar-refractivity contribution in [2.75, 3.05) is 26.3 Å². The van der Waals surface area contributed by atoms with Crippen molar-refractivity contribution >= 4 is 5.91 Å². The van der Waals surface area contributed by atoms with Gasteiger partial charge in [0.2, 0.25) is 5.91 Å². The number of fused-ring (bicyclic) bond motifs is 1. The molecule has 0 N–H and O–H groups in total. The number of hydrogen-bond acceptors (Lipinski definition) is 4. The molecule has 0 atom stereocenters. The van der Waals surface area contributed by atoms with E-state index in [1.807, 2.05) is 35.2 Å². The second-order valence-corrected chi connectivity index (χ2v) is 7.35. The molecule has 0 spiro atoms. The van der Waals surface area contributed by atoms with Gasteiger partial charge < -0.3 is 19.1 Å². The van der Waals surface area contributed by atoms with Crippen LogP contribution in [0.3, 0.4) is 0 Å². The zero-order valence-corrected chi connectivity index (χ0v) is 16.4. The Morgan fingerprint density at radius 2 is 1.82 bits per heavy atom. The monoisotopic (exact) mass is 381 g/mol.